The maximum atomic E-state index is 10.9. The van der Waals surface area contributed by atoms with Gasteiger partial charge >= 0.3 is 0 Å². The highest BCUT2D eigenvalue weighted by Crippen LogP contribution is 2.55. The number of hydrogen-bond acceptors (Lipinski definition) is 3. The Morgan fingerprint density at radius 2 is 1.89 bits per heavy atom. The van der Waals surface area contributed by atoms with Gasteiger partial charge < -0.3 is 14.9 Å². The van der Waals surface area contributed by atoms with E-state index in [4.69, 9.17) is 4.74 Å². The number of benzene rings is 1. The molecule has 1 heterocycles. The normalized spacial score (nSPS) is 26.8. The lowest BCUT2D eigenvalue weighted by Crippen LogP contribution is -2.47. The maximum Gasteiger partial charge on any atom is 0.127 e. The molecule has 27 heavy (non-hydrogen) atoms. The quantitative estimate of drug-likeness (QED) is 0.595. The fraction of sp³-hybridized carbons (Fsp3) is 0.750. The fourth-order valence-electron chi connectivity index (χ4n) is 5.26. The lowest BCUT2D eigenvalue weighted by atomic mass is 9.65. The molecule has 0 saturated heterocycles. The summed E-state index contributed by atoms with van der Waals surface area (Å²) in [6.45, 7) is 11.1. The number of aliphatic hydroxyl groups excluding tert-OH is 1. The van der Waals surface area contributed by atoms with E-state index in [-0.39, 0.29) is 23.0 Å². The van der Waals surface area contributed by atoms with E-state index in [2.05, 4.69) is 40.7 Å². The third kappa shape index (κ3) is 4.13. The Hall–Kier alpha value is -1.22. The van der Waals surface area contributed by atoms with Crippen molar-refractivity contribution in [3.63, 3.8) is 0 Å². The highest BCUT2D eigenvalue weighted by atomic mass is 16.5. The number of rotatable bonds is 6. The number of phenols is 1. The monoisotopic (exact) mass is 374 g/mol. The van der Waals surface area contributed by atoms with Crippen LogP contribution in [0.25, 0.3) is 0 Å². The van der Waals surface area contributed by atoms with Gasteiger partial charge in [-0.05, 0) is 62.6 Å². The van der Waals surface area contributed by atoms with Crippen LogP contribution in [0.3, 0.4) is 0 Å². The predicted octanol–water partition coefficient (Wildman–Crippen LogP) is 6.06. The molecule has 2 N–H and O–H groups in total. The molecule has 0 amide bonds. The summed E-state index contributed by atoms with van der Waals surface area (Å²) < 4.78 is 6.44. The van der Waals surface area contributed by atoms with Gasteiger partial charge in [-0.2, -0.15) is 0 Å². The average Bonchev–Trinajstić information content (AvgIpc) is 2.57. The van der Waals surface area contributed by atoms with Crippen molar-refractivity contribution in [2.75, 3.05) is 0 Å². The molecule has 152 valence electrons. The average molecular weight is 375 g/mol. The van der Waals surface area contributed by atoms with Crippen molar-refractivity contribution in [3.8, 4) is 11.5 Å². The molecule has 1 unspecified atom stereocenters. The van der Waals surface area contributed by atoms with Gasteiger partial charge in [-0.15, -0.1) is 0 Å². The number of ether oxygens (including phenoxy) is 1. The van der Waals surface area contributed by atoms with Crippen molar-refractivity contribution in [2.45, 2.75) is 109 Å². The zero-order valence-corrected chi connectivity index (χ0v) is 17.8. The van der Waals surface area contributed by atoms with E-state index in [1.165, 1.54) is 25.7 Å². The van der Waals surface area contributed by atoms with Gasteiger partial charge in [0.15, 0.2) is 0 Å². The molecule has 1 aromatic rings. The molecule has 3 nitrogen and oxygen atoms in total. The van der Waals surface area contributed by atoms with E-state index in [1.807, 2.05) is 6.07 Å². The second-order valence-electron chi connectivity index (χ2n) is 9.99. The van der Waals surface area contributed by atoms with E-state index in [9.17, 15) is 10.2 Å². The van der Waals surface area contributed by atoms with Gasteiger partial charge in [0.1, 0.15) is 17.1 Å². The van der Waals surface area contributed by atoms with Crippen molar-refractivity contribution in [3.05, 3.63) is 23.3 Å². The van der Waals surface area contributed by atoms with E-state index >= 15 is 0 Å². The standard InChI is InChI=1S/C24H38O3/c1-6-7-8-9-12-23(2,3)16-13-20(26)22-18-15-17(25)10-11-19(18)24(4,5)27-21(22)14-16/h13-14,17-19,25-26H,6-12,15H2,1-5H3/t17?,18-,19-/m0/s1. The topological polar surface area (TPSA) is 49.7 Å². The first-order valence-corrected chi connectivity index (χ1v) is 10.9. The third-order valence-electron chi connectivity index (χ3n) is 7.02. The van der Waals surface area contributed by atoms with Gasteiger partial charge in [0.05, 0.1) is 6.10 Å². The largest absolute Gasteiger partial charge is 0.508 e. The Morgan fingerprint density at radius 1 is 1.15 bits per heavy atom. The summed E-state index contributed by atoms with van der Waals surface area (Å²) in [5, 5.41) is 21.2. The summed E-state index contributed by atoms with van der Waals surface area (Å²) >= 11 is 0. The Kier molecular flexibility index (Phi) is 5.82. The van der Waals surface area contributed by atoms with Crippen LogP contribution >= 0.6 is 0 Å². The number of aliphatic hydroxyl groups is 1. The Morgan fingerprint density at radius 3 is 2.59 bits per heavy atom. The zero-order chi connectivity index (χ0) is 19.8. The molecule has 1 aromatic carbocycles. The summed E-state index contributed by atoms with van der Waals surface area (Å²) in [5.41, 5.74) is 1.81. The van der Waals surface area contributed by atoms with Gasteiger partial charge in [0.2, 0.25) is 0 Å². The molecular formula is C24H38O3. The molecule has 1 fully saturated rings. The van der Waals surface area contributed by atoms with Crippen LogP contribution in [0.15, 0.2) is 12.1 Å². The molecule has 1 saturated carbocycles. The number of fused-ring (bicyclic) bond motifs is 3. The van der Waals surface area contributed by atoms with Crippen LogP contribution in [0.4, 0.5) is 0 Å². The molecular weight excluding hydrogens is 336 g/mol. The van der Waals surface area contributed by atoms with Crippen molar-refractivity contribution in [1.29, 1.82) is 0 Å². The molecule has 2 aliphatic rings. The summed E-state index contributed by atoms with van der Waals surface area (Å²) in [7, 11) is 0. The Balaban J connectivity index is 1.91. The van der Waals surface area contributed by atoms with Crippen LogP contribution in [0.2, 0.25) is 0 Å². The number of hydrogen-bond donors (Lipinski definition) is 2. The molecule has 3 rings (SSSR count). The minimum atomic E-state index is -0.276. The molecule has 0 aromatic heterocycles. The zero-order valence-electron chi connectivity index (χ0n) is 17.8. The predicted molar refractivity (Wildman–Crippen MR) is 111 cm³/mol. The van der Waals surface area contributed by atoms with Gasteiger partial charge in [0.25, 0.3) is 0 Å². The first-order chi connectivity index (χ1) is 12.7. The van der Waals surface area contributed by atoms with E-state index < -0.39 is 0 Å². The van der Waals surface area contributed by atoms with Gasteiger partial charge in [-0.3, -0.25) is 0 Å². The van der Waals surface area contributed by atoms with E-state index in [1.54, 1.807) is 0 Å². The van der Waals surface area contributed by atoms with Crippen LogP contribution in [-0.2, 0) is 5.41 Å². The second kappa shape index (κ2) is 7.66. The van der Waals surface area contributed by atoms with E-state index in [0.717, 1.165) is 42.6 Å². The molecule has 0 radical (unpaired) electrons. The third-order valence-corrected chi connectivity index (χ3v) is 7.02. The van der Waals surface area contributed by atoms with Crippen molar-refractivity contribution in [1.82, 2.24) is 0 Å². The highest BCUT2D eigenvalue weighted by Gasteiger charge is 2.47. The first kappa shape index (κ1) is 20.5. The van der Waals surface area contributed by atoms with Gasteiger partial charge in [-0.1, -0.05) is 46.5 Å². The van der Waals surface area contributed by atoms with Gasteiger partial charge in [-0.25, -0.2) is 0 Å². The smallest absolute Gasteiger partial charge is 0.127 e. The van der Waals surface area contributed by atoms with Crippen molar-refractivity contribution < 1.29 is 14.9 Å². The van der Waals surface area contributed by atoms with Crippen LogP contribution < -0.4 is 4.74 Å². The molecule has 3 atom stereocenters. The second-order valence-corrected chi connectivity index (χ2v) is 9.99. The van der Waals surface area contributed by atoms with Crippen molar-refractivity contribution in [2.24, 2.45) is 5.92 Å². The summed E-state index contributed by atoms with van der Waals surface area (Å²) in [4.78, 5) is 0. The SMILES string of the molecule is CCCCCCC(C)(C)c1cc(O)c2c(c1)OC(C)(C)[C@H]1CCC(O)C[C@H]21. The Labute approximate surface area is 165 Å². The van der Waals surface area contributed by atoms with Gasteiger partial charge in [0, 0.05) is 17.4 Å². The number of phenolic OH excluding ortho intramolecular Hbond substituents is 1. The van der Waals surface area contributed by atoms with Crippen LogP contribution in [0.5, 0.6) is 11.5 Å². The fourth-order valence-corrected chi connectivity index (χ4v) is 5.26. The summed E-state index contributed by atoms with van der Waals surface area (Å²) in [6, 6.07) is 4.12. The first-order valence-electron chi connectivity index (χ1n) is 10.9. The minimum Gasteiger partial charge on any atom is -0.508 e. The number of aromatic hydroxyl groups is 1. The van der Waals surface area contributed by atoms with Crippen LogP contribution in [0, 0.1) is 5.92 Å². The van der Waals surface area contributed by atoms with Crippen molar-refractivity contribution >= 4 is 0 Å². The van der Waals surface area contributed by atoms with E-state index in [0.29, 0.717) is 11.7 Å². The minimum absolute atomic E-state index is 0.0106. The molecule has 0 spiro atoms. The Bertz CT molecular complexity index is 662. The molecule has 1 aliphatic heterocycles. The lowest BCUT2D eigenvalue weighted by Gasteiger charge is -2.48. The summed E-state index contributed by atoms with van der Waals surface area (Å²) in [6.07, 6.45) is 8.34. The van der Waals surface area contributed by atoms with Crippen LogP contribution in [0.1, 0.15) is 103 Å². The van der Waals surface area contributed by atoms with Crippen LogP contribution in [-0.4, -0.2) is 21.9 Å². The maximum absolute atomic E-state index is 10.9. The molecule has 3 heteroatoms. The number of unbranched alkanes of at least 4 members (excludes halogenated alkanes) is 3. The molecule has 0 bridgehead atoms. The highest BCUT2D eigenvalue weighted by molar-refractivity contribution is 5.53. The lowest BCUT2D eigenvalue weighted by molar-refractivity contribution is -0.0318. The molecule has 1 aliphatic carbocycles. The summed E-state index contributed by atoms with van der Waals surface area (Å²) in [5.74, 6) is 1.69.